The Bertz CT molecular complexity index is 323. The van der Waals surface area contributed by atoms with E-state index in [0.29, 0.717) is 6.04 Å². The van der Waals surface area contributed by atoms with Crippen molar-refractivity contribution in [3.63, 3.8) is 0 Å². The maximum Gasteiger partial charge on any atom is 0.0851 e. The molecule has 1 saturated heterocycles. The Morgan fingerprint density at radius 1 is 1.47 bits per heavy atom. The zero-order valence-corrected chi connectivity index (χ0v) is 9.61. The molecule has 4 nitrogen and oxygen atoms in total. The molecule has 0 bridgehead atoms. The number of hydrogen-bond acceptors (Lipinski definition) is 3. The molecule has 1 aromatic heterocycles. The number of nitrogens with two attached hydrogens (primary N) is 1. The monoisotopic (exact) mass is 208 g/mol. The summed E-state index contributed by atoms with van der Waals surface area (Å²) in [7, 11) is 2.17. The van der Waals surface area contributed by atoms with Gasteiger partial charge < -0.3 is 10.6 Å². The molecule has 0 aromatic carbocycles. The maximum atomic E-state index is 5.89. The van der Waals surface area contributed by atoms with E-state index in [1.165, 1.54) is 12.8 Å². The van der Waals surface area contributed by atoms with Crippen LogP contribution in [-0.4, -0.2) is 34.8 Å². The third-order valence-electron chi connectivity index (χ3n) is 3.24. The van der Waals surface area contributed by atoms with Crippen LogP contribution in [0.2, 0.25) is 0 Å². The molecule has 0 saturated carbocycles. The van der Waals surface area contributed by atoms with E-state index in [0.717, 1.165) is 30.9 Å². The van der Waals surface area contributed by atoms with E-state index in [2.05, 4.69) is 28.7 Å². The van der Waals surface area contributed by atoms with Gasteiger partial charge in [-0.2, -0.15) is 5.10 Å². The van der Waals surface area contributed by atoms with E-state index in [4.69, 9.17) is 5.73 Å². The number of rotatable bonds is 2. The van der Waals surface area contributed by atoms with Crippen LogP contribution in [-0.2, 0) is 6.42 Å². The highest BCUT2D eigenvalue weighted by Crippen LogP contribution is 2.23. The molecule has 2 heterocycles. The molecule has 1 fully saturated rings. The molecule has 1 aliphatic heterocycles. The molecule has 1 aromatic rings. The second-order valence-corrected chi connectivity index (χ2v) is 4.40. The van der Waals surface area contributed by atoms with Crippen molar-refractivity contribution < 1.29 is 0 Å². The predicted molar refractivity (Wildman–Crippen MR) is 61.8 cm³/mol. The number of aryl methyl sites for hydroxylation is 1. The average Bonchev–Trinajstić information content (AvgIpc) is 2.61. The minimum absolute atomic E-state index is 0.545. The second kappa shape index (κ2) is 4.23. The van der Waals surface area contributed by atoms with Gasteiger partial charge in [-0.05, 0) is 39.4 Å². The fraction of sp³-hybridized carbons (Fsp3) is 0.727. The molecule has 2 rings (SSSR count). The SMILES string of the molecule is CCc1nn(C2CCN(C)CC2)cc1N. The molecule has 84 valence electrons. The second-order valence-electron chi connectivity index (χ2n) is 4.40. The zero-order chi connectivity index (χ0) is 10.8. The quantitative estimate of drug-likeness (QED) is 0.796. The van der Waals surface area contributed by atoms with Crippen LogP contribution in [0.1, 0.15) is 31.5 Å². The van der Waals surface area contributed by atoms with Crippen molar-refractivity contribution in [2.24, 2.45) is 0 Å². The van der Waals surface area contributed by atoms with Gasteiger partial charge in [-0.3, -0.25) is 4.68 Å². The first-order valence-electron chi connectivity index (χ1n) is 5.72. The lowest BCUT2D eigenvalue weighted by Crippen LogP contribution is -2.31. The van der Waals surface area contributed by atoms with Crippen LogP contribution in [0.4, 0.5) is 5.69 Å². The van der Waals surface area contributed by atoms with Gasteiger partial charge in [0, 0.05) is 6.20 Å². The average molecular weight is 208 g/mol. The first kappa shape index (κ1) is 10.5. The molecule has 0 atom stereocenters. The largest absolute Gasteiger partial charge is 0.396 e. The normalized spacial score (nSPS) is 19.6. The van der Waals surface area contributed by atoms with E-state index in [1.54, 1.807) is 0 Å². The van der Waals surface area contributed by atoms with Gasteiger partial charge in [-0.25, -0.2) is 0 Å². The van der Waals surface area contributed by atoms with Crippen molar-refractivity contribution >= 4 is 5.69 Å². The Kier molecular flexibility index (Phi) is 2.95. The summed E-state index contributed by atoms with van der Waals surface area (Å²) in [6.45, 7) is 4.41. The molecule has 0 amide bonds. The Labute approximate surface area is 91.1 Å². The van der Waals surface area contributed by atoms with Gasteiger partial charge in [0.25, 0.3) is 0 Å². The topological polar surface area (TPSA) is 47.1 Å². The van der Waals surface area contributed by atoms with Gasteiger partial charge in [-0.1, -0.05) is 6.92 Å². The van der Waals surface area contributed by atoms with Gasteiger partial charge in [0.1, 0.15) is 0 Å². The minimum Gasteiger partial charge on any atom is -0.396 e. The van der Waals surface area contributed by atoms with Gasteiger partial charge in [0.05, 0.1) is 17.4 Å². The van der Waals surface area contributed by atoms with Crippen molar-refractivity contribution in [3.8, 4) is 0 Å². The van der Waals surface area contributed by atoms with E-state index in [1.807, 2.05) is 6.20 Å². The number of anilines is 1. The first-order valence-corrected chi connectivity index (χ1v) is 5.72. The summed E-state index contributed by atoms with van der Waals surface area (Å²) in [5, 5.41) is 4.55. The molecule has 2 N–H and O–H groups in total. The Hall–Kier alpha value is -1.03. The molecule has 4 heteroatoms. The molecule has 1 aliphatic rings. The lowest BCUT2D eigenvalue weighted by Gasteiger charge is -2.28. The number of aromatic nitrogens is 2. The number of piperidine rings is 1. The Morgan fingerprint density at radius 3 is 2.67 bits per heavy atom. The third-order valence-corrected chi connectivity index (χ3v) is 3.24. The number of nitrogens with zero attached hydrogens (tertiary/aromatic N) is 3. The first-order chi connectivity index (χ1) is 7.20. The van der Waals surface area contributed by atoms with Crippen molar-refractivity contribution in [1.82, 2.24) is 14.7 Å². The van der Waals surface area contributed by atoms with Gasteiger partial charge >= 0.3 is 0 Å². The van der Waals surface area contributed by atoms with Crippen LogP contribution in [0.5, 0.6) is 0 Å². The molecular formula is C11H20N4. The Morgan fingerprint density at radius 2 is 2.13 bits per heavy atom. The molecule has 15 heavy (non-hydrogen) atoms. The third kappa shape index (κ3) is 2.15. The molecular weight excluding hydrogens is 188 g/mol. The van der Waals surface area contributed by atoms with Crippen molar-refractivity contribution in [1.29, 1.82) is 0 Å². The summed E-state index contributed by atoms with van der Waals surface area (Å²) >= 11 is 0. The van der Waals surface area contributed by atoms with Crippen LogP contribution in [0.15, 0.2) is 6.20 Å². The smallest absolute Gasteiger partial charge is 0.0851 e. The summed E-state index contributed by atoms with van der Waals surface area (Å²) < 4.78 is 2.07. The summed E-state index contributed by atoms with van der Waals surface area (Å²) in [6.07, 6.45) is 5.28. The van der Waals surface area contributed by atoms with Gasteiger partial charge in [0.2, 0.25) is 0 Å². The van der Waals surface area contributed by atoms with Crippen LogP contribution in [0.3, 0.4) is 0 Å². The molecule has 0 spiro atoms. The maximum absolute atomic E-state index is 5.89. The predicted octanol–water partition coefficient (Wildman–Crippen LogP) is 1.29. The lowest BCUT2D eigenvalue weighted by atomic mass is 10.1. The van der Waals surface area contributed by atoms with E-state index in [9.17, 15) is 0 Å². The van der Waals surface area contributed by atoms with E-state index >= 15 is 0 Å². The summed E-state index contributed by atoms with van der Waals surface area (Å²) in [6, 6.07) is 0.545. The van der Waals surface area contributed by atoms with E-state index in [-0.39, 0.29) is 0 Å². The number of nitrogen functional groups attached to an aromatic ring is 1. The molecule has 0 radical (unpaired) electrons. The highest BCUT2D eigenvalue weighted by molar-refractivity contribution is 5.40. The highest BCUT2D eigenvalue weighted by atomic mass is 15.3. The van der Waals surface area contributed by atoms with Crippen molar-refractivity contribution in [2.45, 2.75) is 32.2 Å². The van der Waals surface area contributed by atoms with Gasteiger partial charge in [0.15, 0.2) is 0 Å². The van der Waals surface area contributed by atoms with E-state index < -0.39 is 0 Å². The fourth-order valence-electron chi connectivity index (χ4n) is 2.16. The minimum atomic E-state index is 0.545. The molecule has 0 unspecified atom stereocenters. The number of likely N-dealkylation sites (tertiary alicyclic amines) is 1. The fourth-order valence-corrected chi connectivity index (χ4v) is 2.16. The zero-order valence-electron chi connectivity index (χ0n) is 9.61. The Balaban J connectivity index is 2.09. The van der Waals surface area contributed by atoms with Crippen molar-refractivity contribution in [3.05, 3.63) is 11.9 Å². The number of hydrogen-bond donors (Lipinski definition) is 1. The lowest BCUT2D eigenvalue weighted by molar-refractivity contribution is 0.212. The van der Waals surface area contributed by atoms with Crippen LogP contribution in [0, 0.1) is 0 Å². The van der Waals surface area contributed by atoms with Gasteiger partial charge in [-0.15, -0.1) is 0 Å². The summed E-state index contributed by atoms with van der Waals surface area (Å²) in [5.41, 5.74) is 7.77. The van der Waals surface area contributed by atoms with Crippen LogP contribution >= 0.6 is 0 Å². The summed E-state index contributed by atoms with van der Waals surface area (Å²) in [4.78, 5) is 2.37. The molecule has 0 aliphatic carbocycles. The van der Waals surface area contributed by atoms with Crippen LogP contribution < -0.4 is 5.73 Å². The van der Waals surface area contributed by atoms with Crippen molar-refractivity contribution in [2.75, 3.05) is 25.9 Å². The van der Waals surface area contributed by atoms with Crippen LogP contribution in [0.25, 0.3) is 0 Å². The highest BCUT2D eigenvalue weighted by Gasteiger charge is 2.19. The standard InChI is InChI=1S/C11H20N4/c1-3-11-10(12)8-15(13-11)9-4-6-14(2)7-5-9/h8-9H,3-7,12H2,1-2H3. The summed E-state index contributed by atoms with van der Waals surface area (Å²) in [5.74, 6) is 0.